The second kappa shape index (κ2) is 8.82. The molecular weight excluding hydrogens is 416 g/mol. The molecule has 0 unspecified atom stereocenters. The van der Waals surface area contributed by atoms with Crippen LogP contribution in [0, 0.1) is 6.92 Å². The summed E-state index contributed by atoms with van der Waals surface area (Å²) in [6.07, 6.45) is 0. The Balaban J connectivity index is 1.72. The van der Waals surface area contributed by atoms with Gasteiger partial charge in [0, 0.05) is 6.54 Å². The monoisotopic (exact) mass is 434 g/mol. The number of rotatable bonds is 7. The quantitative estimate of drug-likeness (QED) is 0.553. The van der Waals surface area contributed by atoms with E-state index in [1.54, 1.807) is 12.1 Å². The number of thioether (sulfide) groups is 1. The molecule has 1 atom stereocenters. The van der Waals surface area contributed by atoms with E-state index in [0.29, 0.717) is 0 Å². The van der Waals surface area contributed by atoms with Gasteiger partial charge in [0.15, 0.2) is 4.34 Å². The van der Waals surface area contributed by atoms with Crippen molar-refractivity contribution in [3.8, 4) is 0 Å². The SMILES string of the molecule is Cc1nnc(S[C@H](C(=O)NCc2ccc(S(N)(=O)=O)cc2)c2ccccc2)s1. The number of benzene rings is 2. The first-order valence-corrected chi connectivity index (χ1v) is 11.5. The van der Waals surface area contributed by atoms with Crippen LogP contribution in [0.2, 0.25) is 0 Å². The fraction of sp³-hybridized carbons (Fsp3) is 0.167. The summed E-state index contributed by atoms with van der Waals surface area (Å²) in [6.45, 7) is 2.13. The highest BCUT2D eigenvalue weighted by atomic mass is 32.2. The molecule has 0 aliphatic heterocycles. The van der Waals surface area contributed by atoms with E-state index in [4.69, 9.17) is 5.14 Å². The molecule has 0 bridgehead atoms. The lowest BCUT2D eigenvalue weighted by Gasteiger charge is -2.15. The Kier molecular flexibility index (Phi) is 6.45. The molecule has 1 heterocycles. The number of nitrogens with two attached hydrogens (primary N) is 1. The molecule has 2 aromatic carbocycles. The standard InChI is InChI=1S/C18H18N4O3S3/c1-12-21-22-18(26-12)27-16(14-5-3-2-4-6-14)17(23)20-11-13-7-9-15(10-8-13)28(19,24)25/h2-10,16H,11H2,1H3,(H,20,23)(H2,19,24,25)/t16-/m0/s1. The van der Waals surface area contributed by atoms with Crippen LogP contribution in [0.15, 0.2) is 63.8 Å². The Morgan fingerprint density at radius 1 is 1.14 bits per heavy atom. The molecule has 28 heavy (non-hydrogen) atoms. The third-order valence-corrected chi connectivity index (χ3v) is 6.89. The van der Waals surface area contributed by atoms with E-state index in [9.17, 15) is 13.2 Å². The summed E-state index contributed by atoms with van der Waals surface area (Å²) < 4.78 is 23.4. The van der Waals surface area contributed by atoms with Gasteiger partial charge in [-0.15, -0.1) is 10.2 Å². The number of nitrogens with one attached hydrogen (secondary N) is 1. The number of hydrogen-bond acceptors (Lipinski definition) is 7. The predicted molar refractivity (Wildman–Crippen MR) is 109 cm³/mol. The van der Waals surface area contributed by atoms with Crippen molar-refractivity contribution in [2.75, 3.05) is 0 Å². The summed E-state index contributed by atoms with van der Waals surface area (Å²) in [5.41, 5.74) is 1.63. The maximum atomic E-state index is 12.9. The molecule has 1 amide bonds. The molecule has 0 aliphatic carbocycles. The summed E-state index contributed by atoms with van der Waals surface area (Å²) in [6, 6.07) is 15.5. The van der Waals surface area contributed by atoms with Crippen LogP contribution < -0.4 is 10.5 Å². The summed E-state index contributed by atoms with van der Waals surface area (Å²) in [5, 5.41) is 16.5. The van der Waals surface area contributed by atoms with Gasteiger partial charge >= 0.3 is 0 Å². The van der Waals surface area contributed by atoms with E-state index in [2.05, 4.69) is 15.5 Å². The largest absolute Gasteiger partial charge is 0.351 e. The number of aryl methyl sites for hydroxylation is 1. The Morgan fingerprint density at radius 3 is 2.39 bits per heavy atom. The van der Waals surface area contributed by atoms with Gasteiger partial charge in [-0.2, -0.15) is 0 Å². The van der Waals surface area contributed by atoms with Crippen LogP contribution >= 0.6 is 23.1 Å². The van der Waals surface area contributed by atoms with E-state index >= 15 is 0 Å². The Hall–Kier alpha value is -2.27. The molecule has 3 rings (SSSR count). The number of hydrogen-bond donors (Lipinski definition) is 2. The van der Waals surface area contributed by atoms with Crippen LogP contribution in [0.25, 0.3) is 0 Å². The topological polar surface area (TPSA) is 115 Å². The van der Waals surface area contributed by atoms with Crippen LogP contribution in [0.4, 0.5) is 0 Å². The van der Waals surface area contributed by atoms with Gasteiger partial charge in [0.1, 0.15) is 10.3 Å². The third-order valence-electron chi connectivity index (χ3n) is 3.79. The highest BCUT2D eigenvalue weighted by Crippen LogP contribution is 2.36. The lowest BCUT2D eigenvalue weighted by molar-refractivity contribution is -0.120. The minimum atomic E-state index is -3.74. The van der Waals surface area contributed by atoms with Gasteiger partial charge in [-0.05, 0) is 30.2 Å². The van der Waals surface area contributed by atoms with Crippen molar-refractivity contribution < 1.29 is 13.2 Å². The van der Waals surface area contributed by atoms with Crippen molar-refractivity contribution in [1.29, 1.82) is 0 Å². The maximum Gasteiger partial charge on any atom is 0.238 e. The zero-order chi connectivity index (χ0) is 20.1. The first-order chi connectivity index (χ1) is 13.3. The zero-order valence-corrected chi connectivity index (χ0v) is 17.4. The number of aromatic nitrogens is 2. The van der Waals surface area contributed by atoms with E-state index in [1.165, 1.54) is 35.2 Å². The average molecular weight is 435 g/mol. The minimum absolute atomic E-state index is 0.0342. The second-order valence-corrected chi connectivity index (χ2v) is 10.00. The van der Waals surface area contributed by atoms with Crippen LogP contribution in [0.3, 0.4) is 0 Å². The van der Waals surface area contributed by atoms with Gasteiger partial charge in [-0.3, -0.25) is 4.79 Å². The normalized spacial score (nSPS) is 12.5. The van der Waals surface area contributed by atoms with E-state index in [1.807, 2.05) is 37.3 Å². The summed E-state index contributed by atoms with van der Waals surface area (Å²) in [7, 11) is -3.74. The van der Waals surface area contributed by atoms with Crippen molar-refractivity contribution in [3.63, 3.8) is 0 Å². The van der Waals surface area contributed by atoms with Gasteiger partial charge < -0.3 is 5.32 Å². The molecule has 3 N–H and O–H groups in total. The molecule has 1 aromatic heterocycles. The van der Waals surface area contributed by atoms with Gasteiger partial charge in [0.25, 0.3) is 0 Å². The molecule has 0 radical (unpaired) electrons. The van der Waals surface area contributed by atoms with Crippen molar-refractivity contribution >= 4 is 39.0 Å². The third kappa shape index (κ3) is 5.38. The molecule has 7 nitrogen and oxygen atoms in total. The maximum absolute atomic E-state index is 12.9. The van der Waals surface area contributed by atoms with Gasteiger partial charge in [-0.1, -0.05) is 65.6 Å². The summed E-state index contributed by atoms with van der Waals surface area (Å²) in [4.78, 5) is 12.9. The molecule has 10 heteroatoms. The Labute approximate surface area is 171 Å². The van der Waals surface area contributed by atoms with Crippen LogP contribution in [-0.4, -0.2) is 24.5 Å². The van der Waals surface area contributed by atoms with Crippen molar-refractivity contribution in [2.45, 2.75) is 28.0 Å². The molecule has 0 saturated carbocycles. The van der Waals surface area contributed by atoms with E-state index < -0.39 is 15.3 Å². The predicted octanol–water partition coefficient (Wildman–Crippen LogP) is 2.64. The van der Waals surface area contributed by atoms with Crippen LogP contribution in [-0.2, 0) is 21.4 Å². The van der Waals surface area contributed by atoms with E-state index in [0.717, 1.165) is 20.5 Å². The lowest BCUT2D eigenvalue weighted by atomic mass is 10.1. The molecule has 0 saturated heterocycles. The smallest absolute Gasteiger partial charge is 0.238 e. The zero-order valence-electron chi connectivity index (χ0n) is 14.9. The number of carbonyl (C=O) groups is 1. The lowest BCUT2D eigenvalue weighted by Crippen LogP contribution is -2.27. The Morgan fingerprint density at radius 2 is 1.82 bits per heavy atom. The number of sulfonamides is 1. The average Bonchev–Trinajstić information content (AvgIpc) is 3.09. The van der Waals surface area contributed by atoms with Gasteiger partial charge in [0.05, 0.1) is 4.90 Å². The first-order valence-electron chi connectivity index (χ1n) is 8.24. The number of primary sulfonamides is 1. The van der Waals surface area contributed by atoms with Crippen LogP contribution in [0.1, 0.15) is 21.4 Å². The molecule has 0 spiro atoms. The summed E-state index contributed by atoms with van der Waals surface area (Å²) in [5.74, 6) is -0.167. The Bertz CT molecular complexity index is 1050. The molecule has 146 valence electrons. The van der Waals surface area contributed by atoms with Crippen molar-refractivity contribution in [3.05, 3.63) is 70.7 Å². The molecule has 0 aliphatic rings. The van der Waals surface area contributed by atoms with Crippen LogP contribution in [0.5, 0.6) is 0 Å². The highest BCUT2D eigenvalue weighted by Gasteiger charge is 2.23. The number of nitrogens with zero attached hydrogens (tertiary/aromatic N) is 2. The van der Waals surface area contributed by atoms with Gasteiger partial charge in [-0.25, -0.2) is 13.6 Å². The fourth-order valence-electron chi connectivity index (χ4n) is 2.41. The second-order valence-electron chi connectivity index (χ2n) is 5.90. The minimum Gasteiger partial charge on any atom is -0.351 e. The first kappa shape index (κ1) is 20.5. The number of carbonyl (C=O) groups excluding carboxylic acids is 1. The fourth-order valence-corrected chi connectivity index (χ4v) is 4.95. The van der Waals surface area contributed by atoms with Crippen molar-refractivity contribution in [2.24, 2.45) is 5.14 Å². The summed E-state index contributed by atoms with van der Waals surface area (Å²) >= 11 is 2.79. The molecule has 0 fully saturated rings. The molecular formula is C18H18N4O3S3. The van der Waals surface area contributed by atoms with Gasteiger partial charge in [0.2, 0.25) is 15.9 Å². The highest BCUT2D eigenvalue weighted by molar-refractivity contribution is 8.01. The van der Waals surface area contributed by atoms with Crippen molar-refractivity contribution in [1.82, 2.24) is 15.5 Å². The molecule has 3 aromatic rings. The number of amides is 1. The van der Waals surface area contributed by atoms with E-state index in [-0.39, 0.29) is 17.3 Å².